The number of hydrogen-bond acceptors (Lipinski definition) is 4. The fourth-order valence-electron chi connectivity index (χ4n) is 2.10. The second-order valence-corrected chi connectivity index (χ2v) is 6.80. The van der Waals surface area contributed by atoms with Crippen molar-refractivity contribution in [3.05, 3.63) is 12.2 Å². The van der Waals surface area contributed by atoms with Crippen LogP contribution in [0.3, 0.4) is 0 Å². The second-order valence-electron chi connectivity index (χ2n) is 4.23. The summed E-state index contributed by atoms with van der Waals surface area (Å²) in [5, 5.41) is 8.90. The van der Waals surface area contributed by atoms with E-state index in [0.717, 1.165) is 5.57 Å². The molecule has 2 atom stereocenters. The Bertz CT molecular complexity index is 344. The molecule has 1 aliphatic rings. The normalized spacial score (nSPS) is 32.2. The van der Waals surface area contributed by atoms with E-state index in [1.54, 1.807) is 6.92 Å². The summed E-state index contributed by atoms with van der Waals surface area (Å²) in [5.41, 5.74) is 5.80. The van der Waals surface area contributed by atoms with Gasteiger partial charge < -0.3 is 10.8 Å². The van der Waals surface area contributed by atoms with Crippen molar-refractivity contribution in [1.29, 1.82) is 0 Å². The predicted octanol–water partition coefficient (Wildman–Crippen LogP) is 0.0771. The van der Waals surface area contributed by atoms with Gasteiger partial charge in [-0.05, 0) is 12.8 Å². The molecule has 4 nitrogen and oxygen atoms in total. The second kappa shape index (κ2) is 4.23. The third-order valence-corrected chi connectivity index (χ3v) is 5.60. The van der Waals surface area contributed by atoms with Gasteiger partial charge in [0.15, 0.2) is 9.84 Å². The first kappa shape index (κ1) is 12.7. The third-order valence-electron chi connectivity index (χ3n) is 3.45. The van der Waals surface area contributed by atoms with E-state index in [-0.39, 0.29) is 18.9 Å². The molecule has 0 heterocycles. The SMILES string of the molecule is C=C1C[C@H](S(=O)(=O)CC)C[C@@]1(CN)CO. The van der Waals surface area contributed by atoms with E-state index in [0.29, 0.717) is 12.8 Å². The van der Waals surface area contributed by atoms with E-state index in [4.69, 9.17) is 5.73 Å². The average Bonchev–Trinajstić information content (AvgIpc) is 2.57. The van der Waals surface area contributed by atoms with Gasteiger partial charge in [0, 0.05) is 17.7 Å². The minimum atomic E-state index is -3.05. The highest BCUT2D eigenvalue weighted by Crippen LogP contribution is 2.43. The molecule has 0 bridgehead atoms. The highest BCUT2D eigenvalue weighted by Gasteiger charge is 2.45. The number of rotatable bonds is 4. The summed E-state index contributed by atoms with van der Waals surface area (Å²) < 4.78 is 23.4. The Balaban J connectivity index is 2.94. The molecular weight excluding hydrogens is 214 g/mol. The van der Waals surface area contributed by atoms with Crippen LogP contribution in [0.2, 0.25) is 0 Å². The molecular formula is C10H19NO3S. The first-order valence-electron chi connectivity index (χ1n) is 5.12. The molecule has 3 N–H and O–H groups in total. The maximum atomic E-state index is 11.7. The molecule has 88 valence electrons. The zero-order valence-electron chi connectivity index (χ0n) is 9.07. The van der Waals surface area contributed by atoms with Crippen LogP contribution in [-0.2, 0) is 9.84 Å². The summed E-state index contributed by atoms with van der Waals surface area (Å²) in [5.74, 6) is 0.136. The summed E-state index contributed by atoms with van der Waals surface area (Å²) in [6, 6.07) is 0. The van der Waals surface area contributed by atoms with Crippen molar-refractivity contribution >= 4 is 9.84 Å². The lowest BCUT2D eigenvalue weighted by molar-refractivity contribution is 0.170. The van der Waals surface area contributed by atoms with Gasteiger partial charge in [-0.2, -0.15) is 0 Å². The standard InChI is InChI=1S/C10H19NO3S/c1-3-15(13,14)9-4-8(2)10(5-9,6-11)7-12/h9,12H,2-7,11H2,1H3/t9-,10+/m0/s1. The highest BCUT2D eigenvalue weighted by atomic mass is 32.2. The molecule has 15 heavy (non-hydrogen) atoms. The number of nitrogens with two attached hydrogens (primary N) is 1. The quantitative estimate of drug-likeness (QED) is 0.674. The van der Waals surface area contributed by atoms with Gasteiger partial charge in [-0.25, -0.2) is 8.42 Å². The Morgan fingerprint density at radius 1 is 1.67 bits per heavy atom. The third kappa shape index (κ3) is 2.09. The van der Waals surface area contributed by atoms with Crippen LogP contribution in [-0.4, -0.2) is 37.7 Å². The molecule has 0 amide bonds. The molecule has 0 aromatic heterocycles. The Labute approximate surface area is 91.1 Å². The van der Waals surface area contributed by atoms with E-state index in [2.05, 4.69) is 6.58 Å². The van der Waals surface area contributed by atoms with Crippen molar-refractivity contribution < 1.29 is 13.5 Å². The van der Waals surface area contributed by atoms with Crippen molar-refractivity contribution in [2.75, 3.05) is 18.9 Å². The van der Waals surface area contributed by atoms with E-state index in [1.165, 1.54) is 0 Å². The maximum absolute atomic E-state index is 11.7. The fourth-order valence-corrected chi connectivity index (χ4v) is 3.60. The van der Waals surface area contributed by atoms with Crippen LogP contribution in [0.5, 0.6) is 0 Å². The fraction of sp³-hybridized carbons (Fsp3) is 0.800. The van der Waals surface area contributed by atoms with Gasteiger partial charge in [0.25, 0.3) is 0 Å². The predicted molar refractivity (Wildman–Crippen MR) is 60.2 cm³/mol. The molecule has 1 rings (SSSR count). The van der Waals surface area contributed by atoms with Gasteiger partial charge in [-0.1, -0.05) is 19.1 Å². The lowest BCUT2D eigenvalue weighted by Gasteiger charge is -2.26. The summed E-state index contributed by atoms with van der Waals surface area (Å²) >= 11 is 0. The molecule has 0 unspecified atom stereocenters. The van der Waals surface area contributed by atoms with Crippen molar-refractivity contribution in [3.63, 3.8) is 0 Å². The first-order valence-corrected chi connectivity index (χ1v) is 6.84. The largest absolute Gasteiger partial charge is 0.395 e. The minimum Gasteiger partial charge on any atom is -0.395 e. The Morgan fingerprint density at radius 2 is 2.27 bits per heavy atom. The smallest absolute Gasteiger partial charge is 0.153 e. The monoisotopic (exact) mass is 233 g/mol. The van der Waals surface area contributed by atoms with Crippen molar-refractivity contribution in [2.45, 2.75) is 25.0 Å². The maximum Gasteiger partial charge on any atom is 0.153 e. The molecule has 1 aliphatic carbocycles. The molecule has 0 spiro atoms. The van der Waals surface area contributed by atoms with Gasteiger partial charge in [-0.3, -0.25) is 0 Å². The van der Waals surface area contributed by atoms with Crippen LogP contribution < -0.4 is 5.73 Å². The number of aliphatic hydroxyl groups excluding tert-OH is 1. The zero-order valence-corrected chi connectivity index (χ0v) is 9.89. The molecule has 5 heteroatoms. The number of hydrogen-bond donors (Lipinski definition) is 2. The molecule has 1 saturated carbocycles. The average molecular weight is 233 g/mol. The summed E-state index contributed by atoms with van der Waals surface area (Å²) in [6.45, 7) is 5.63. The van der Waals surface area contributed by atoms with E-state index >= 15 is 0 Å². The Kier molecular flexibility index (Phi) is 3.58. The molecule has 0 aromatic carbocycles. The summed E-state index contributed by atoms with van der Waals surface area (Å²) in [7, 11) is -3.05. The molecule has 0 saturated heterocycles. The molecule has 1 fully saturated rings. The molecule has 0 aromatic rings. The van der Waals surface area contributed by atoms with Crippen molar-refractivity contribution in [3.8, 4) is 0 Å². The van der Waals surface area contributed by atoms with Gasteiger partial charge >= 0.3 is 0 Å². The Hall–Kier alpha value is -0.390. The van der Waals surface area contributed by atoms with Crippen LogP contribution in [0.1, 0.15) is 19.8 Å². The minimum absolute atomic E-state index is 0.113. The lowest BCUT2D eigenvalue weighted by atomic mass is 9.84. The number of sulfone groups is 1. The van der Waals surface area contributed by atoms with Crippen LogP contribution in [0.25, 0.3) is 0 Å². The van der Waals surface area contributed by atoms with Gasteiger partial charge in [0.1, 0.15) is 0 Å². The van der Waals surface area contributed by atoms with E-state index in [1.807, 2.05) is 0 Å². The van der Waals surface area contributed by atoms with E-state index in [9.17, 15) is 13.5 Å². The van der Waals surface area contributed by atoms with Crippen molar-refractivity contribution in [2.24, 2.45) is 11.1 Å². The zero-order chi connectivity index (χ0) is 11.7. The van der Waals surface area contributed by atoms with Gasteiger partial charge in [0.2, 0.25) is 0 Å². The lowest BCUT2D eigenvalue weighted by Crippen LogP contribution is -2.34. The Morgan fingerprint density at radius 3 is 2.60 bits per heavy atom. The van der Waals surface area contributed by atoms with E-state index < -0.39 is 20.5 Å². The summed E-state index contributed by atoms with van der Waals surface area (Å²) in [6.07, 6.45) is 0.850. The molecule has 0 radical (unpaired) electrons. The van der Waals surface area contributed by atoms with Crippen LogP contribution in [0, 0.1) is 5.41 Å². The topological polar surface area (TPSA) is 80.4 Å². The highest BCUT2D eigenvalue weighted by molar-refractivity contribution is 7.92. The molecule has 0 aliphatic heterocycles. The summed E-state index contributed by atoms with van der Waals surface area (Å²) in [4.78, 5) is 0. The van der Waals surface area contributed by atoms with Gasteiger partial charge in [-0.15, -0.1) is 0 Å². The first-order chi connectivity index (χ1) is 6.91. The van der Waals surface area contributed by atoms with Crippen LogP contribution in [0.15, 0.2) is 12.2 Å². The van der Waals surface area contributed by atoms with Crippen LogP contribution >= 0.6 is 0 Å². The number of aliphatic hydroxyl groups is 1. The van der Waals surface area contributed by atoms with Crippen LogP contribution in [0.4, 0.5) is 0 Å². The van der Waals surface area contributed by atoms with Crippen molar-refractivity contribution in [1.82, 2.24) is 0 Å². The van der Waals surface area contributed by atoms with Gasteiger partial charge in [0.05, 0.1) is 11.9 Å².